The summed E-state index contributed by atoms with van der Waals surface area (Å²) in [5.41, 5.74) is 1.90. The second-order valence-electron chi connectivity index (χ2n) is 5.50. The summed E-state index contributed by atoms with van der Waals surface area (Å²) in [7, 11) is 1.52. The van der Waals surface area contributed by atoms with E-state index < -0.39 is 12.1 Å². The molecule has 0 amide bonds. The van der Waals surface area contributed by atoms with Crippen molar-refractivity contribution in [1.29, 1.82) is 0 Å². The number of benzene rings is 1. The van der Waals surface area contributed by atoms with E-state index in [0.29, 0.717) is 17.0 Å². The van der Waals surface area contributed by atoms with Gasteiger partial charge in [-0.1, -0.05) is 0 Å². The molecule has 0 spiro atoms. The number of ether oxygens (including phenoxy) is 2. The van der Waals surface area contributed by atoms with E-state index in [2.05, 4.69) is 19.7 Å². The monoisotopic (exact) mass is 365 g/mol. The summed E-state index contributed by atoms with van der Waals surface area (Å²) in [6, 6.07) is 5.31. The molecule has 3 rings (SSSR count). The number of nitrogens with zero attached hydrogens (tertiary/aromatic N) is 2. The molecule has 3 aromatic rings. The Kier molecular flexibility index (Phi) is 4.54. The van der Waals surface area contributed by atoms with Gasteiger partial charge in [0.25, 0.3) is 0 Å². The van der Waals surface area contributed by atoms with Gasteiger partial charge in [0.2, 0.25) is 5.78 Å². The fraction of sp³-hybridized carbons (Fsp3) is 0.235. The highest BCUT2D eigenvalue weighted by Gasteiger charge is 2.31. The lowest BCUT2D eigenvalue weighted by atomic mass is 10.1. The van der Waals surface area contributed by atoms with Gasteiger partial charge in [0.1, 0.15) is 11.5 Å². The van der Waals surface area contributed by atoms with Crippen LogP contribution in [0.25, 0.3) is 11.0 Å². The van der Waals surface area contributed by atoms with E-state index in [-0.39, 0.29) is 23.5 Å². The number of H-pyrrole nitrogens is 1. The van der Waals surface area contributed by atoms with Crippen LogP contribution in [0.3, 0.4) is 0 Å². The zero-order chi connectivity index (χ0) is 18.9. The fourth-order valence-electron chi connectivity index (χ4n) is 2.51. The average Bonchev–Trinajstić information content (AvgIpc) is 2.98. The van der Waals surface area contributed by atoms with Crippen molar-refractivity contribution in [2.45, 2.75) is 19.7 Å². The van der Waals surface area contributed by atoms with Crippen molar-refractivity contribution in [2.24, 2.45) is 0 Å². The van der Waals surface area contributed by atoms with Crippen molar-refractivity contribution in [2.75, 3.05) is 7.11 Å². The van der Waals surface area contributed by atoms with Gasteiger partial charge < -0.3 is 14.5 Å². The van der Waals surface area contributed by atoms with Gasteiger partial charge in [0, 0.05) is 17.8 Å². The minimum Gasteiger partial charge on any atom is -0.496 e. The van der Waals surface area contributed by atoms with Crippen molar-refractivity contribution in [3.05, 3.63) is 47.5 Å². The predicted octanol–water partition coefficient (Wildman–Crippen LogP) is 3.60. The highest BCUT2D eigenvalue weighted by molar-refractivity contribution is 5.97. The molecular weight excluding hydrogens is 351 g/mol. The van der Waals surface area contributed by atoms with E-state index in [4.69, 9.17) is 4.74 Å². The molecule has 0 fully saturated rings. The van der Waals surface area contributed by atoms with Crippen LogP contribution in [-0.4, -0.2) is 34.2 Å². The van der Waals surface area contributed by atoms with Crippen molar-refractivity contribution < 1.29 is 27.4 Å². The number of Topliss-reactive ketones (excluding diaryl/α,β-unsaturated/α-hetero) is 1. The standard InChI is InChI=1S/C17H14F3N3O3/c1-9-12(21-6-5-15(9)25-2)8-14(24)16-22-11-4-3-10(7-13(11)23-16)26-17(18,19)20/h3-7H,8H2,1-2H3,(H,22,23). The maximum atomic E-state index is 12.5. The molecule has 6 nitrogen and oxygen atoms in total. The van der Waals surface area contributed by atoms with E-state index in [1.54, 1.807) is 13.0 Å². The molecule has 0 aliphatic carbocycles. The summed E-state index contributed by atoms with van der Waals surface area (Å²) >= 11 is 0. The first-order valence-electron chi connectivity index (χ1n) is 7.54. The SMILES string of the molecule is COc1ccnc(CC(=O)c2nc3ccc(OC(F)(F)F)cc3[nH]2)c1C. The maximum Gasteiger partial charge on any atom is 0.573 e. The van der Waals surface area contributed by atoms with E-state index in [1.165, 1.54) is 19.4 Å². The molecule has 0 aliphatic heterocycles. The number of carbonyl (C=O) groups is 1. The number of methoxy groups -OCH3 is 1. The van der Waals surface area contributed by atoms with E-state index in [9.17, 15) is 18.0 Å². The Morgan fingerprint density at radius 3 is 2.73 bits per heavy atom. The molecule has 2 aromatic heterocycles. The number of rotatable bonds is 5. The van der Waals surface area contributed by atoms with Crippen LogP contribution < -0.4 is 9.47 Å². The molecular formula is C17H14F3N3O3. The van der Waals surface area contributed by atoms with Crippen LogP contribution in [0.4, 0.5) is 13.2 Å². The molecule has 9 heteroatoms. The first kappa shape index (κ1) is 17.7. The number of hydrogen-bond acceptors (Lipinski definition) is 5. The first-order chi connectivity index (χ1) is 12.3. The van der Waals surface area contributed by atoms with Crippen LogP contribution in [0, 0.1) is 6.92 Å². The lowest BCUT2D eigenvalue weighted by Crippen LogP contribution is -2.16. The molecule has 0 unspecified atom stereocenters. The summed E-state index contributed by atoms with van der Waals surface area (Å²) in [6.45, 7) is 1.79. The zero-order valence-corrected chi connectivity index (χ0v) is 13.8. The molecule has 0 saturated heterocycles. The molecule has 1 aromatic carbocycles. The molecule has 26 heavy (non-hydrogen) atoms. The number of ketones is 1. The highest BCUT2D eigenvalue weighted by atomic mass is 19.4. The molecule has 1 N–H and O–H groups in total. The molecule has 0 aliphatic rings. The first-order valence-corrected chi connectivity index (χ1v) is 7.54. The smallest absolute Gasteiger partial charge is 0.496 e. The van der Waals surface area contributed by atoms with Gasteiger partial charge in [-0.15, -0.1) is 13.2 Å². The maximum absolute atomic E-state index is 12.5. The second-order valence-corrected chi connectivity index (χ2v) is 5.50. The molecule has 0 saturated carbocycles. The lowest BCUT2D eigenvalue weighted by molar-refractivity contribution is -0.274. The van der Waals surface area contributed by atoms with E-state index in [0.717, 1.165) is 17.7 Å². The number of imidazole rings is 1. The van der Waals surface area contributed by atoms with Gasteiger partial charge in [0.05, 0.1) is 30.3 Å². The minimum atomic E-state index is -4.79. The van der Waals surface area contributed by atoms with Crippen molar-refractivity contribution in [3.63, 3.8) is 0 Å². The van der Waals surface area contributed by atoms with Crippen LogP contribution in [0.15, 0.2) is 30.5 Å². The molecule has 0 bridgehead atoms. The number of halogens is 3. The minimum absolute atomic E-state index is 0.0191. The van der Waals surface area contributed by atoms with Gasteiger partial charge >= 0.3 is 6.36 Å². The quantitative estimate of drug-likeness (QED) is 0.699. The molecule has 136 valence electrons. The normalized spacial score (nSPS) is 11.6. The topological polar surface area (TPSA) is 77.1 Å². The number of hydrogen-bond donors (Lipinski definition) is 1. The van der Waals surface area contributed by atoms with Crippen LogP contribution in [-0.2, 0) is 6.42 Å². The Bertz CT molecular complexity index is 967. The van der Waals surface area contributed by atoms with Gasteiger partial charge in [-0.25, -0.2) is 4.98 Å². The van der Waals surface area contributed by atoms with Crippen LogP contribution in [0.1, 0.15) is 21.9 Å². The Labute approximate surface area is 146 Å². The largest absolute Gasteiger partial charge is 0.573 e. The number of fused-ring (bicyclic) bond motifs is 1. The van der Waals surface area contributed by atoms with E-state index >= 15 is 0 Å². The average molecular weight is 365 g/mol. The van der Waals surface area contributed by atoms with Crippen molar-refractivity contribution in [1.82, 2.24) is 15.0 Å². The number of carbonyl (C=O) groups excluding carboxylic acids is 1. The third-order valence-electron chi connectivity index (χ3n) is 3.76. The summed E-state index contributed by atoms with van der Waals surface area (Å²) in [6.07, 6.45) is -3.27. The van der Waals surface area contributed by atoms with Crippen LogP contribution in [0.5, 0.6) is 11.5 Å². The highest BCUT2D eigenvalue weighted by Crippen LogP contribution is 2.26. The number of pyridine rings is 1. The Balaban J connectivity index is 1.85. The van der Waals surface area contributed by atoms with Crippen molar-refractivity contribution in [3.8, 4) is 11.5 Å². The number of alkyl halides is 3. The lowest BCUT2D eigenvalue weighted by Gasteiger charge is -2.08. The number of nitrogens with one attached hydrogen (secondary N) is 1. The van der Waals surface area contributed by atoms with Crippen molar-refractivity contribution >= 4 is 16.8 Å². The summed E-state index contributed by atoms with van der Waals surface area (Å²) in [4.78, 5) is 23.5. The summed E-state index contributed by atoms with van der Waals surface area (Å²) in [5, 5.41) is 0. The second kappa shape index (κ2) is 6.66. The third-order valence-corrected chi connectivity index (χ3v) is 3.76. The summed E-state index contributed by atoms with van der Waals surface area (Å²) in [5.74, 6) is -0.0872. The number of aromatic nitrogens is 3. The Hall–Kier alpha value is -3.10. The fourth-order valence-corrected chi connectivity index (χ4v) is 2.51. The van der Waals surface area contributed by atoms with Gasteiger partial charge in [-0.05, 0) is 25.1 Å². The Morgan fingerprint density at radius 2 is 2.04 bits per heavy atom. The number of aromatic amines is 1. The van der Waals surface area contributed by atoms with Crippen LogP contribution >= 0.6 is 0 Å². The molecule has 0 radical (unpaired) electrons. The molecule has 2 heterocycles. The summed E-state index contributed by atoms with van der Waals surface area (Å²) < 4.78 is 45.9. The Morgan fingerprint density at radius 1 is 1.27 bits per heavy atom. The van der Waals surface area contributed by atoms with Gasteiger partial charge in [0.15, 0.2) is 5.82 Å². The van der Waals surface area contributed by atoms with E-state index in [1.807, 2.05) is 0 Å². The predicted molar refractivity (Wildman–Crippen MR) is 86.3 cm³/mol. The molecule has 0 atom stereocenters. The van der Waals surface area contributed by atoms with Gasteiger partial charge in [-0.2, -0.15) is 0 Å². The van der Waals surface area contributed by atoms with Gasteiger partial charge in [-0.3, -0.25) is 9.78 Å². The van der Waals surface area contributed by atoms with Crippen LogP contribution in [0.2, 0.25) is 0 Å². The third kappa shape index (κ3) is 3.76. The zero-order valence-electron chi connectivity index (χ0n) is 13.8.